The number of nitrogens with zero attached hydrogens (tertiary/aromatic N) is 2. The number of ether oxygens (including phenoxy) is 2. The Bertz CT molecular complexity index is 724. The number of halogens is 1. The maximum atomic E-state index is 12.3. The molecule has 28 heavy (non-hydrogen) atoms. The summed E-state index contributed by atoms with van der Waals surface area (Å²) in [5.74, 6) is 1.28. The van der Waals surface area contributed by atoms with Gasteiger partial charge in [-0.3, -0.25) is 9.69 Å². The van der Waals surface area contributed by atoms with Crippen LogP contribution in [0.25, 0.3) is 0 Å². The van der Waals surface area contributed by atoms with Gasteiger partial charge in [-0.2, -0.15) is 0 Å². The summed E-state index contributed by atoms with van der Waals surface area (Å²) in [4.78, 5) is 16.3. The van der Waals surface area contributed by atoms with Gasteiger partial charge in [-0.1, -0.05) is 6.07 Å². The lowest BCUT2D eigenvalue weighted by atomic mass is 10.2. The van der Waals surface area contributed by atoms with Crippen molar-refractivity contribution in [3.63, 3.8) is 0 Å². The molecule has 10 heteroatoms. The third-order valence-electron chi connectivity index (χ3n) is 4.52. The van der Waals surface area contributed by atoms with Crippen molar-refractivity contribution in [2.45, 2.75) is 12.5 Å². The number of methoxy groups -OCH3 is 1. The smallest absolute Gasteiger partial charge is 0.239 e. The summed E-state index contributed by atoms with van der Waals surface area (Å²) in [5, 5.41) is 0. The van der Waals surface area contributed by atoms with Crippen molar-refractivity contribution >= 4 is 28.2 Å². The number of carbonyl (C=O) groups excluding carboxylic acids is 1. The maximum Gasteiger partial charge on any atom is 0.239 e. The number of rotatable bonds is 9. The Balaban J connectivity index is 0.00000392. The number of hydrogen-bond acceptors (Lipinski definition) is 7. The summed E-state index contributed by atoms with van der Waals surface area (Å²) >= 11 is 0. The molecule has 0 bridgehead atoms. The summed E-state index contributed by atoms with van der Waals surface area (Å²) in [6.07, 6.45) is 1.31. The van der Waals surface area contributed by atoms with E-state index in [1.807, 2.05) is 24.3 Å². The summed E-state index contributed by atoms with van der Waals surface area (Å²) < 4.78 is 33.3. The highest BCUT2D eigenvalue weighted by Crippen LogP contribution is 2.18. The second-order valence-electron chi connectivity index (χ2n) is 6.72. The molecule has 1 fully saturated rings. The first-order valence-corrected chi connectivity index (χ1v) is 11.1. The third-order valence-corrected chi connectivity index (χ3v) is 5.50. The molecule has 2 N–H and O–H groups in total. The van der Waals surface area contributed by atoms with E-state index in [-0.39, 0.29) is 30.5 Å². The fourth-order valence-corrected chi connectivity index (χ4v) is 3.56. The topological polar surface area (TPSA) is 102 Å². The van der Waals surface area contributed by atoms with E-state index in [9.17, 15) is 13.2 Å². The Labute approximate surface area is 173 Å². The van der Waals surface area contributed by atoms with Crippen LogP contribution in [-0.4, -0.2) is 88.6 Å². The van der Waals surface area contributed by atoms with Crippen LogP contribution in [0.4, 0.5) is 0 Å². The van der Waals surface area contributed by atoms with E-state index in [1.165, 1.54) is 0 Å². The Morgan fingerprint density at radius 1 is 1.21 bits per heavy atom. The van der Waals surface area contributed by atoms with Gasteiger partial charge >= 0.3 is 0 Å². The van der Waals surface area contributed by atoms with Crippen LogP contribution in [0.5, 0.6) is 11.5 Å². The number of piperazine rings is 1. The molecule has 1 amide bonds. The van der Waals surface area contributed by atoms with Crippen LogP contribution in [0.2, 0.25) is 0 Å². The summed E-state index contributed by atoms with van der Waals surface area (Å²) in [6.45, 7) is 3.97. The van der Waals surface area contributed by atoms with Gasteiger partial charge in [0, 0.05) is 45.0 Å². The Hall–Kier alpha value is -1.55. The molecule has 8 nitrogen and oxygen atoms in total. The van der Waals surface area contributed by atoms with Crippen LogP contribution in [0.3, 0.4) is 0 Å². The van der Waals surface area contributed by atoms with E-state index in [4.69, 9.17) is 15.2 Å². The van der Waals surface area contributed by atoms with E-state index in [0.717, 1.165) is 37.4 Å². The molecular weight excluding hydrogens is 406 g/mol. The molecule has 1 saturated heterocycles. The standard InChI is InChI=1S/C18H29N3O5S.ClH/c1-25-15-4-3-5-16(14-15)26-12-11-20-7-9-21(10-8-20)18(22)17(19)6-13-27(2,23)24;/h3-5,14,17H,6-13,19H2,1-2H3;1H. The first-order chi connectivity index (χ1) is 12.8. The van der Waals surface area contributed by atoms with Crippen molar-refractivity contribution in [1.82, 2.24) is 9.80 Å². The molecular formula is C18H30ClN3O5S. The number of hydrogen-bond donors (Lipinski definition) is 1. The third kappa shape index (κ3) is 8.22. The SMILES string of the molecule is COc1cccc(OCCN2CCN(C(=O)C(N)CCS(C)(=O)=O)CC2)c1.Cl. The summed E-state index contributed by atoms with van der Waals surface area (Å²) in [5.41, 5.74) is 5.86. The Morgan fingerprint density at radius 3 is 2.46 bits per heavy atom. The van der Waals surface area contributed by atoms with Gasteiger partial charge in [0.2, 0.25) is 5.91 Å². The van der Waals surface area contributed by atoms with Crippen molar-refractivity contribution in [3.8, 4) is 11.5 Å². The minimum atomic E-state index is -3.11. The maximum absolute atomic E-state index is 12.3. The van der Waals surface area contributed by atoms with Crippen molar-refractivity contribution in [1.29, 1.82) is 0 Å². The van der Waals surface area contributed by atoms with E-state index in [1.54, 1.807) is 12.0 Å². The normalized spacial score (nSPS) is 16.2. The van der Waals surface area contributed by atoms with Gasteiger partial charge in [0.15, 0.2) is 0 Å². The average Bonchev–Trinajstić information content (AvgIpc) is 2.65. The summed E-state index contributed by atoms with van der Waals surface area (Å²) in [6, 6.07) is 6.71. The highest BCUT2D eigenvalue weighted by atomic mass is 35.5. The number of amides is 1. The lowest BCUT2D eigenvalue weighted by Crippen LogP contribution is -2.53. The zero-order valence-electron chi connectivity index (χ0n) is 16.4. The van der Waals surface area contributed by atoms with Gasteiger partial charge < -0.3 is 20.1 Å². The Morgan fingerprint density at radius 2 is 1.86 bits per heavy atom. The zero-order chi connectivity index (χ0) is 19.9. The molecule has 0 aromatic heterocycles. The van der Waals surface area contributed by atoms with Crippen molar-refractivity contribution in [3.05, 3.63) is 24.3 Å². The second kappa shape index (κ2) is 11.5. The molecule has 1 aliphatic rings. The summed E-state index contributed by atoms with van der Waals surface area (Å²) in [7, 11) is -1.49. The van der Waals surface area contributed by atoms with Crippen LogP contribution < -0.4 is 15.2 Å². The second-order valence-corrected chi connectivity index (χ2v) is 8.98. The van der Waals surface area contributed by atoms with Crippen LogP contribution in [0, 0.1) is 0 Å². The predicted octanol–water partition coefficient (Wildman–Crippen LogP) is 0.402. The van der Waals surface area contributed by atoms with Gasteiger partial charge in [-0.05, 0) is 18.6 Å². The van der Waals surface area contributed by atoms with E-state index < -0.39 is 15.9 Å². The largest absolute Gasteiger partial charge is 0.497 e. The number of nitrogens with two attached hydrogens (primary N) is 1. The highest BCUT2D eigenvalue weighted by molar-refractivity contribution is 7.90. The molecule has 2 rings (SSSR count). The number of carbonyl (C=O) groups is 1. The van der Waals surface area contributed by atoms with Gasteiger partial charge in [0.05, 0.1) is 18.9 Å². The molecule has 0 radical (unpaired) electrons. The monoisotopic (exact) mass is 435 g/mol. The van der Waals surface area contributed by atoms with Crippen molar-refractivity contribution in [2.75, 3.05) is 58.4 Å². The highest BCUT2D eigenvalue weighted by Gasteiger charge is 2.25. The quantitative estimate of drug-likeness (QED) is 0.599. The molecule has 160 valence electrons. The minimum Gasteiger partial charge on any atom is -0.497 e. The van der Waals surface area contributed by atoms with E-state index >= 15 is 0 Å². The van der Waals surface area contributed by atoms with Crippen LogP contribution in [-0.2, 0) is 14.6 Å². The molecule has 0 aliphatic carbocycles. The van der Waals surface area contributed by atoms with Crippen LogP contribution in [0.1, 0.15) is 6.42 Å². The first-order valence-electron chi connectivity index (χ1n) is 9.00. The van der Waals surface area contributed by atoms with Crippen LogP contribution >= 0.6 is 12.4 Å². The van der Waals surface area contributed by atoms with E-state index in [0.29, 0.717) is 19.7 Å². The number of sulfone groups is 1. The Kier molecular flexibility index (Phi) is 10.0. The molecule has 1 heterocycles. The van der Waals surface area contributed by atoms with E-state index in [2.05, 4.69) is 4.90 Å². The van der Waals surface area contributed by atoms with Gasteiger partial charge in [-0.15, -0.1) is 12.4 Å². The van der Waals surface area contributed by atoms with Gasteiger partial charge in [-0.25, -0.2) is 8.42 Å². The zero-order valence-corrected chi connectivity index (χ0v) is 18.0. The number of benzene rings is 1. The molecule has 1 aliphatic heterocycles. The lowest BCUT2D eigenvalue weighted by Gasteiger charge is -2.35. The average molecular weight is 436 g/mol. The van der Waals surface area contributed by atoms with Crippen LogP contribution in [0.15, 0.2) is 24.3 Å². The molecule has 0 spiro atoms. The molecule has 1 atom stereocenters. The molecule has 1 aromatic carbocycles. The fraction of sp³-hybridized carbons (Fsp3) is 0.611. The molecule has 1 unspecified atom stereocenters. The fourth-order valence-electron chi connectivity index (χ4n) is 2.87. The minimum absolute atomic E-state index is 0. The van der Waals surface area contributed by atoms with Gasteiger partial charge in [0.1, 0.15) is 27.9 Å². The van der Waals surface area contributed by atoms with Gasteiger partial charge in [0.25, 0.3) is 0 Å². The molecule has 1 aromatic rings. The lowest BCUT2D eigenvalue weighted by molar-refractivity contribution is -0.134. The predicted molar refractivity (Wildman–Crippen MR) is 111 cm³/mol. The molecule has 0 saturated carbocycles. The van der Waals surface area contributed by atoms with Crippen molar-refractivity contribution in [2.24, 2.45) is 5.73 Å². The first kappa shape index (κ1) is 24.5. The van der Waals surface area contributed by atoms with Crippen molar-refractivity contribution < 1.29 is 22.7 Å².